The van der Waals surface area contributed by atoms with Gasteiger partial charge in [0.05, 0.1) is 32.6 Å². The lowest BCUT2D eigenvalue weighted by Crippen LogP contribution is -2.14. The molecule has 0 saturated carbocycles. The van der Waals surface area contributed by atoms with Crippen molar-refractivity contribution in [1.29, 1.82) is 0 Å². The average Bonchev–Trinajstić information content (AvgIpc) is 3.37. The molecule has 10 heteroatoms. The van der Waals surface area contributed by atoms with Gasteiger partial charge in [0.15, 0.2) is 5.65 Å². The molecule has 0 aromatic carbocycles. The zero-order valence-electron chi connectivity index (χ0n) is 15.6. The van der Waals surface area contributed by atoms with Crippen molar-refractivity contribution in [3.05, 3.63) is 63.9 Å². The second-order valence-corrected chi connectivity index (χ2v) is 7.50. The van der Waals surface area contributed by atoms with Gasteiger partial charge in [0.2, 0.25) is 0 Å². The van der Waals surface area contributed by atoms with E-state index in [-0.39, 0.29) is 17.4 Å². The molecule has 0 bridgehead atoms. The number of nitrogens with zero attached hydrogens (tertiary/aromatic N) is 5. The van der Waals surface area contributed by atoms with Crippen LogP contribution in [-0.2, 0) is 0 Å². The zero-order valence-corrected chi connectivity index (χ0v) is 16.4. The maximum absolute atomic E-state index is 13.1. The van der Waals surface area contributed by atoms with E-state index in [9.17, 15) is 14.9 Å². The zero-order chi connectivity index (χ0) is 20.5. The van der Waals surface area contributed by atoms with Crippen molar-refractivity contribution in [2.45, 2.75) is 19.9 Å². The van der Waals surface area contributed by atoms with Gasteiger partial charge in [-0.05, 0) is 37.4 Å². The monoisotopic (exact) mass is 408 g/mol. The molecule has 0 unspecified atom stereocenters. The minimum atomic E-state index is -0.585. The molecule has 0 aliphatic heterocycles. The van der Waals surface area contributed by atoms with Crippen molar-refractivity contribution in [2.24, 2.45) is 0 Å². The van der Waals surface area contributed by atoms with Crippen LogP contribution < -0.4 is 5.32 Å². The second-order valence-electron chi connectivity index (χ2n) is 6.56. The van der Waals surface area contributed by atoms with Crippen LogP contribution in [0.25, 0.3) is 21.6 Å². The Kier molecular flexibility index (Phi) is 4.77. The smallest absolute Gasteiger partial charge is 0.310 e. The van der Waals surface area contributed by atoms with E-state index in [1.54, 1.807) is 16.9 Å². The first-order valence-electron chi connectivity index (χ1n) is 8.77. The largest absolute Gasteiger partial charge is 0.316 e. The van der Waals surface area contributed by atoms with E-state index < -0.39 is 10.8 Å². The van der Waals surface area contributed by atoms with Gasteiger partial charge in [0, 0.05) is 12.2 Å². The van der Waals surface area contributed by atoms with Gasteiger partial charge >= 0.3 is 5.69 Å². The normalized spacial score (nSPS) is 11.1. The summed E-state index contributed by atoms with van der Waals surface area (Å²) in [5, 5.41) is 20.7. The van der Waals surface area contributed by atoms with Crippen molar-refractivity contribution in [3.63, 3.8) is 0 Å². The van der Waals surface area contributed by atoms with Crippen LogP contribution in [0.3, 0.4) is 0 Å². The van der Waals surface area contributed by atoms with Crippen LogP contribution in [0.1, 0.15) is 30.2 Å². The number of hydrogen-bond acceptors (Lipinski definition) is 7. The molecule has 0 fully saturated rings. The Labute approximate surface area is 169 Å². The molecule has 146 valence electrons. The van der Waals surface area contributed by atoms with Crippen LogP contribution in [0.4, 0.5) is 11.4 Å². The van der Waals surface area contributed by atoms with Gasteiger partial charge in [0.25, 0.3) is 5.91 Å². The molecular weight excluding hydrogens is 392 g/mol. The highest BCUT2D eigenvalue weighted by Crippen LogP contribution is 2.30. The molecular formula is C19H16N6O3S. The van der Waals surface area contributed by atoms with E-state index in [4.69, 9.17) is 4.98 Å². The van der Waals surface area contributed by atoms with Gasteiger partial charge in [-0.25, -0.2) is 9.67 Å². The summed E-state index contributed by atoms with van der Waals surface area (Å²) in [6.07, 6.45) is 4.08. The van der Waals surface area contributed by atoms with E-state index >= 15 is 0 Å². The Balaban J connectivity index is 1.84. The quantitative estimate of drug-likeness (QED) is 0.389. The van der Waals surface area contributed by atoms with Crippen LogP contribution in [0, 0.1) is 10.1 Å². The Morgan fingerprint density at radius 2 is 2.14 bits per heavy atom. The highest BCUT2D eigenvalue weighted by atomic mass is 32.1. The summed E-state index contributed by atoms with van der Waals surface area (Å²) in [5.41, 5.74) is 1.37. The van der Waals surface area contributed by atoms with E-state index in [1.165, 1.54) is 23.6 Å². The Morgan fingerprint density at radius 1 is 1.31 bits per heavy atom. The molecule has 1 amide bonds. The minimum absolute atomic E-state index is 0.0517. The summed E-state index contributed by atoms with van der Waals surface area (Å²) in [6.45, 7) is 3.96. The molecule has 4 aromatic heterocycles. The van der Waals surface area contributed by atoms with Crippen molar-refractivity contribution in [3.8, 4) is 10.6 Å². The summed E-state index contributed by atoms with van der Waals surface area (Å²) in [5.74, 6) is -0.479. The molecule has 0 atom stereocenters. The molecule has 4 rings (SSSR count). The maximum atomic E-state index is 13.1. The lowest BCUT2D eigenvalue weighted by atomic mass is 10.1. The highest BCUT2D eigenvalue weighted by Gasteiger charge is 2.21. The number of amides is 1. The van der Waals surface area contributed by atoms with Gasteiger partial charge in [-0.3, -0.25) is 19.9 Å². The highest BCUT2D eigenvalue weighted by molar-refractivity contribution is 7.13. The maximum Gasteiger partial charge on any atom is 0.310 e. The number of rotatable bonds is 5. The summed E-state index contributed by atoms with van der Waals surface area (Å²) in [4.78, 5) is 33.1. The number of fused-ring (bicyclic) bond motifs is 1. The van der Waals surface area contributed by atoms with Gasteiger partial charge in [-0.2, -0.15) is 5.10 Å². The average molecular weight is 408 g/mol. The molecule has 4 aromatic rings. The number of hydrogen-bond donors (Lipinski definition) is 1. The number of carbonyl (C=O) groups excluding carboxylic acids is 1. The SMILES string of the molecule is CC(C)n1ncc2c(C(=O)Nc3ccncc3[N+](=O)[O-])cc(-c3cccs3)nc21. The molecule has 29 heavy (non-hydrogen) atoms. The van der Waals surface area contributed by atoms with Crippen molar-refractivity contribution in [2.75, 3.05) is 5.32 Å². The summed E-state index contributed by atoms with van der Waals surface area (Å²) in [7, 11) is 0. The lowest BCUT2D eigenvalue weighted by Gasteiger charge is -2.10. The molecule has 0 aliphatic carbocycles. The number of thiophene rings is 1. The molecule has 0 radical (unpaired) electrons. The number of carbonyl (C=O) groups is 1. The van der Waals surface area contributed by atoms with Crippen molar-refractivity contribution < 1.29 is 9.72 Å². The van der Waals surface area contributed by atoms with E-state index in [2.05, 4.69) is 15.4 Å². The Bertz CT molecular complexity index is 1220. The topological polar surface area (TPSA) is 116 Å². The third-order valence-corrected chi connectivity index (χ3v) is 5.21. The van der Waals surface area contributed by atoms with Crippen LogP contribution in [0.2, 0.25) is 0 Å². The first-order valence-corrected chi connectivity index (χ1v) is 9.65. The molecule has 0 spiro atoms. The fraction of sp³-hybridized carbons (Fsp3) is 0.158. The van der Waals surface area contributed by atoms with Crippen molar-refractivity contribution in [1.82, 2.24) is 19.7 Å². The molecule has 9 nitrogen and oxygen atoms in total. The number of anilines is 1. The predicted octanol–water partition coefficient (Wildman–Crippen LogP) is 4.30. The van der Waals surface area contributed by atoms with Gasteiger partial charge < -0.3 is 5.32 Å². The van der Waals surface area contributed by atoms with Crippen LogP contribution >= 0.6 is 11.3 Å². The fourth-order valence-corrected chi connectivity index (χ4v) is 3.65. The van der Waals surface area contributed by atoms with E-state index in [1.807, 2.05) is 31.4 Å². The summed E-state index contributed by atoms with van der Waals surface area (Å²) >= 11 is 1.51. The third kappa shape index (κ3) is 3.45. The summed E-state index contributed by atoms with van der Waals surface area (Å²) in [6, 6.07) is 6.96. The molecule has 4 heterocycles. The van der Waals surface area contributed by atoms with Crippen LogP contribution in [0.5, 0.6) is 0 Å². The first kappa shape index (κ1) is 18.7. The molecule has 0 saturated heterocycles. The first-order chi connectivity index (χ1) is 14.0. The van der Waals surface area contributed by atoms with E-state index in [0.29, 0.717) is 22.3 Å². The van der Waals surface area contributed by atoms with Gasteiger partial charge in [0.1, 0.15) is 11.9 Å². The standard InChI is InChI=1S/C19H16N6O3S/c1-11(2)24-18-13(9-21-24)12(8-15(22-18)17-4-3-7-29-17)19(26)23-14-5-6-20-10-16(14)25(27)28/h3-11H,1-2H3,(H,20,23,26). The number of nitrogens with one attached hydrogen (secondary N) is 1. The Hall–Kier alpha value is -3.66. The fourth-order valence-electron chi connectivity index (χ4n) is 2.96. The van der Waals surface area contributed by atoms with Gasteiger partial charge in [-0.1, -0.05) is 6.07 Å². The molecule has 1 N–H and O–H groups in total. The lowest BCUT2D eigenvalue weighted by molar-refractivity contribution is -0.384. The van der Waals surface area contributed by atoms with E-state index in [0.717, 1.165) is 11.1 Å². The van der Waals surface area contributed by atoms with Crippen molar-refractivity contribution >= 4 is 39.7 Å². The number of pyridine rings is 2. The minimum Gasteiger partial charge on any atom is -0.316 e. The van der Waals surface area contributed by atoms with Gasteiger partial charge in [-0.15, -0.1) is 11.3 Å². The second kappa shape index (κ2) is 7.40. The van der Waals surface area contributed by atoms with Crippen LogP contribution in [0.15, 0.2) is 48.2 Å². The van der Waals surface area contributed by atoms with Crippen LogP contribution in [-0.4, -0.2) is 30.6 Å². The number of aromatic nitrogens is 4. The third-order valence-electron chi connectivity index (χ3n) is 4.32. The predicted molar refractivity (Wildman–Crippen MR) is 110 cm³/mol. The number of nitro groups is 1. The molecule has 0 aliphatic rings. The summed E-state index contributed by atoms with van der Waals surface area (Å²) < 4.78 is 1.75. The Morgan fingerprint density at radius 3 is 2.83 bits per heavy atom.